The van der Waals surface area contributed by atoms with E-state index in [2.05, 4.69) is 10.1 Å². The number of amides is 3. The SMILES string of the molecule is CO[C@@]1(NC(=O)Cc2cccs2)C(=O)N2C(C(=O)O)=C(COC(N)=O)CS[C@@H]21.NC1CCCCC1. The lowest BCUT2D eigenvalue weighted by molar-refractivity contribution is -0.192. The van der Waals surface area contributed by atoms with Gasteiger partial charge in [0.15, 0.2) is 0 Å². The molecule has 11 nitrogen and oxygen atoms in total. The molecule has 0 aromatic carbocycles. The first-order chi connectivity index (χ1) is 16.7. The molecule has 2 atom stereocenters. The van der Waals surface area contributed by atoms with Gasteiger partial charge < -0.3 is 31.4 Å². The minimum Gasteiger partial charge on any atom is -0.477 e. The van der Waals surface area contributed by atoms with Crippen LogP contribution in [0.1, 0.15) is 37.0 Å². The number of fused-ring (bicyclic) bond motifs is 1. The molecule has 1 aliphatic carbocycles. The summed E-state index contributed by atoms with van der Waals surface area (Å²) in [5.74, 6) is -2.31. The summed E-state index contributed by atoms with van der Waals surface area (Å²) in [6.07, 6.45) is 5.69. The molecule has 1 saturated heterocycles. The van der Waals surface area contributed by atoms with E-state index in [1.807, 2.05) is 11.4 Å². The first-order valence-electron chi connectivity index (χ1n) is 11.2. The number of thioether (sulfide) groups is 1. The van der Waals surface area contributed by atoms with Crippen LogP contribution in [0.4, 0.5) is 4.79 Å². The summed E-state index contributed by atoms with van der Waals surface area (Å²) in [5.41, 5.74) is 8.84. The van der Waals surface area contributed by atoms with E-state index in [9.17, 15) is 24.3 Å². The van der Waals surface area contributed by atoms with Gasteiger partial charge in [-0.05, 0) is 24.3 Å². The summed E-state index contributed by atoms with van der Waals surface area (Å²) < 4.78 is 10.0. The Morgan fingerprint density at radius 1 is 1.29 bits per heavy atom. The maximum absolute atomic E-state index is 12.8. The minimum atomic E-state index is -1.66. The number of rotatable bonds is 7. The molecule has 2 aliphatic heterocycles. The highest BCUT2D eigenvalue weighted by Crippen LogP contribution is 2.46. The molecule has 3 aliphatic rings. The zero-order valence-corrected chi connectivity index (χ0v) is 21.0. The standard InChI is InChI=1S/C16H17N3O7S2.C6H13N/c1-25-16(18-10(20)5-9-3-2-4-27-9)13(23)19-11(12(21)22)8(6-26-15(17)24)7-28-14(16)19;7-6-4-2-1-3-5-6/h2-4,14H,5-7H2,1H3,(H2,17,24)(H,18,20)(H,21,22);6H,1-5,7H2/t14-,16+;/m1./s1. The Morgan fingerprint density at radius 3 is 2.51 bits per heavy atom. The Kier molecular flexibility index (Phi) is 9.16. The van der Waals surface area contributed by atoms with Crippen LogP contribution in [0.5, 0.6) is 0 Å². The van der Waals surface area contributed by atoms with Crippen LogP contribution in [0, 0.1) is 0 Å². The second kappa shape index (κ2) is 11.9. The van der Waals surface area contributed by atoms with Crippen LogP contribution in [-0.4, -0.2) is 70.5 Å². The van der Waals surface area contributed by atoms with E-state index in [1.54, 1.807) is 6.07 Å². The highest BCUT2D eigenvalue weighted by Gasteiger charge is 2.66. The Morgan fingerprint density at radius 2 is 2.00 bits per heavy atom. The van der Waals surface area contributed by atoms with Gasteiger partial charge in [-0.1, -0.05) is 25.3 Å². The van der Waals surface area contributed by atoms with Crippen molar-refractivity contribution in [3.63, 3.8) is 0 Å². The summed E-state index contributed by atoms with van der Waals surface area (Å²) in [6, 6.07) is 4.14. The van der Waals surface area contributed by atoms with Crippen molar-refractivity contribution in [3.05, 3.63) is 33.7 Å². The molecule has 13 heteroatoms. The van der Waals surface area contributed by atoms with Crippen molar-refractivity contribution in [2.24, 2.45) is 11.5 Å². The van der Waals surface area contributed by atoms with Gasteiger partial charge in [-0.15, -0.1) is 23.1 Å². The minimum absolute atomic E-state index is 0.0762. The average molecular weight is 527 g/mol. The number of nitrogens with zero attached hydrogens (tertiary/aromatic N) is 1. The number of primary amides is 1. The van der Waals surface area contributed by atoms with Gasteiger partial charge in [0.25, 0.3) is 11.6 Å². The monoisotopic (exact) mass is 526 g/mol. The predicted octanol–water partition coefficient (Wildman–Crippen LogP) is 1.38. The first-order valence-corrected chi connectivity index (χ1v) is 13.1. The Balaban J connectivity index is 0.000000420. The van der Waals surface area contributed by atoms with Gasteiger partial charge in [0.1, 0.15) is 17.7 Å². The fourth-order valence-electron chi connectivity index (χ4n) is 4.17. The number of carbonyl (C=O) groups is 4. The molecule has 35 heavy (non-hydrogen) atoms. The topological polar surface area (TPSA) is 174 Å². The Labute approximate surface area is 211 Å². The largest absolute Gasteiger partial charge is 0.477 e. The number of nitrogens with one attached hydrogen (secondary N) is 1. The molecule has 1 aromatic heterocycles. The first kappa shape index (κ1) is 27.0. The van der Waals surface area contributed by atoms with Gasteiger partial charge in [-0.25, -0.2) is 9.59 Å². The van der Waals surface area contributed by atoms with Crippen molar-refractivity contribution in [1.82, 2.24) is 10.2 Å². The van der Waals surface area contributed by atoms with E-state index >= 15 is 0 Å². The van der Waals surface area contributed by atoms with Crippen molar-refractivity contribution in [2.45, 2.75) is 55.7 Å². The quantitative estimate of drug-likeness (QED) is 0.302. The highest BCUT2D eigenvalue weighted by molar-refractivity contribution is 8.00. The van der Waals surface area contributed by atoms with Crippen molar-refractivity contribution in [1.29, 1.82) is 0 Å². The van der Waals surface area contributed by atoms with Gasteiger partial charge >= 0.3 is 12.1 Å². The maximum Gasteiger partial charge on any atom is 0.404 e. The number of methoxy groups -OCH3 is 1. The fourth-order valence-corrected chi connectivity index (χ4v) is 6.29. The summed E-state index contributed by atoms with van der Waals surface area (Å²) in [7, 11) is 1.27. The number of carbonyl (C=O) groups excluding carboxylic acids is 3. The van der Waals surface area contributed by atoms with Gasteiger partial charge in [-0.2, -0.15) is 0 Å². The lowest BCUT2D eigenvalue weighted by atomic mass is 9.97. The molecule has 0 spiro atoms. The van der Waals surface area contributed by atoms with Crippen LogP contribution in [0.2, 0.25) is 0 Å². The molecular formula is C22H30N4O7S2. The van der Waals surface area contributed by atoms with Crippen LogP contribution in [0.25, 0.3) is 0 Å². The van der Waals surface area contributed by atoms with Crippen LogP contribution in [-0.2, 0) is 30.3 Å². The van der Waals surface area contributed by atoms with Crippen molar-refractivity contribution < 1.29 is 33.8 Å². The van der Waals surface area contributed by atoms with E-state index in [1.165, 1.54) is 62.3 Å². The van der Waals surface area contributed by atoms with Gasteiger partial charge in [0, 0.05) is 29.4 Å². The van der Waals surface area contributed by atoms with Crippen molar-refractivity contribution in [2.75, 3.05) is 19.5 Å². The molecule has 0 unspecified atom stereocenters. The summed E-state index contributed by atoms with van der Waals surface area (Å²) >= 11 is 2.60. The van der Waals surface area contributed by atoms with Crippen LogP contribution >= 0.6 is 23.1 Å². The van der Waals surface area contributed by atoms with Gasteiger partial charge in [0.05, 0.1) is 6.42 Å². The second-order valence-corrected chi connectivity index (χ2v) is 10.4. The maximum atomic E-state index is 12.8. The predicted molar refractivity (Wildman–Crippen MR) is 130 cm³/mol. The third kappa shape index (κ3) is 6.15. The molecule has 4 rings (SSSR count). The number of ether oxygens (including phenoxy) is 2. The number of carboxylic acid groups (broad SMARTS) is 1. The molecule has 192 valence electrons. The molecule has 0 bridgehead atoms. The molecular weight excluding hydrogens is 496 g/mol. The molecule has 6 N–H and O–H groups in total. The molecule has 3 amide bonds. The van der Waals surface area contributed by atoms with E-state index in [0.29, 0.717) is 6.04 Å². The third-order valence-corrected chi connectivity index (χ3v) is 8.16. The Bertz CT molecular complexity index is 978. The van der Waals surface area contributed by atoms with E-state index in [-0.39, 0.29) is 30.1 Å². The van der Waals surface area contributed by atoms with E-state index in [0.717, 1.165) is 9.78 Å². The average Bonchev–Trinajstić information content (AvgIpc) is 3.34. The smallest absolute Gasteiger partial charge is 0.404 e. The lowest BCUT2D eigenvalue weighted by Gasteiger charge is -2.55. The number of hydrogen-bond acceptors (Lipinski definition) is 9. The van der Waals surface area contributed by atoms with Crippen LogP contribution < -0.4 is 16.8 Å². The van der Waals surface area contributed by atoms with Crippen LogP contribution in [0.3, 0.4) is 0 Å². The van der Waals surface area contributed by atoms with Crippen LogP contribution in [0.15, 0.2) is 28.8 Å². The summed E-state index contributed by atoms with van der Waals surface area (Å²) in [4.78, 5) is 49.6. The van der Waals surface area contributed by atoms with Crippen molar-refractivity contribution in [3.8, 4) is 0 Å². The summed E-state index contributed by atoms with van der Waals surface area (Å²) in [6.45, 7) is -0.342. The fraction of sp³-hybridized carbons (Fsp3) is 0.545. The number of carboxylic acids is 1. The molecule has 1 saturated carbocycles. The van der Waals surface area contributed by atoms with E-state index in [4.69, 9.17) is 16.2 Å². The number of nitrogens with two attached hydrogens (primary N) is 2. The molecule has 2 fully saturated rings. The summed E-state index contributed by atoms with van der Waals surface area (Å²) in [5, 5.41) is 13.2. The third-order valence-electron chi connectivity index (χ3n) is 5.91. The van der Waals surface area contributed by atoms with E-state index < -0.39 is 35.0 Å². The number of hydrogen-bond donors (Lipinski definition) is 4. The lowest BCUT2D eigenvalue weighted by Crippen LogP contribution is -2.80. The van der Waals surface area contributed by atoms with Crippen molar-refractivity contribution >= 4 is 47.0 Å². The zero-order valence-electron chi connectivity index (χ0n) is 19.4. The van der Waals surface area contributed by atoms with Gasteiger partial charge in [-0.3, -0.25) is 14.5 Å². The number of β-lactam (4-membered cyclic amide) rings is 1. The zero-order chi connectivity index (χ0) is 25.6. The Hall–Kier alpha value is -2.61. The number of thiophene rings is 1. The molecule has 3 heterocycles. The second-order valence-electron chi connectivity index (χ2n) is 8.35. The highest BCUT2D eigenvalue weighted by atomic mass is 32.2. The normalized spacial score (nSPS) is 24.0. The number of aliphatic carboxylic acids is 1. The molecule has 0 radical (unpaired) electrons. The van der Waals surface area contributed by atoms with Gasteiger partial charge in [0.2, 0.25) is 5.91 Å². The molecule has 1 aromatic rings.